The van der Waals surface area contributed by atoms with Crippen molar-refractivity contribution in [2.45, 2.75) is 45.4 Å². The maximum atomic E-state index is 11.0. The van der Waals surface area contributed by atoms with Crippen molar-refractivity contribution in [2.75, 3.05) is 0 Å². The summed E-state index contributed by atoms with van der Waals surface area (Å²) in [6.07, 6.45) is 3.17. The van der Waals surface area contributed by atoms with Gasteiger partial charge in [0.25, 0.3) is 0 Å². The van der Waals surface area contributed by atoms with E-state index in [1.807, 2.05) is 6.92 Å². The summed E-state index contributed by atoms with van der Waals surface area (Å²) >= 11 is 10.8. The highest BCUT2D eigenvalue weighted by molar-refractivity contribution is 6.32. The van der Waals surface area contributed by atoms with Crippen LogP contribution in [0.4, 0.5) is 0 Å². The summed E-state index contributed by atoms with van der Waals surface area (Å²) in [7, 11) is 0. The van der Waals surface area contributed by atoms with Crippen LogP contribution >= 0.6 is 23.5 Å². The minimum Gasteiger partial charge on any atom is -0.346 e. The van der Waals surface area contributed by atoms with Crippen molar-refractivity contribution in [3.8, 4) is 0 Å². The van der Waals surface area contributed by atoms with E-state index in [4.69, 9.17) is 23.5 Å². The first kappa shape index (κ1) is 14.1. The minimum atomic E-state index is -0.625. The number of rotatable bonds is 6. The summed E-state index contributed by atoms with van der Waals surface area (Å²) in [5.41, 5.74) is 0. The smallest absolute Gasteiger partial charge is 0.342 e. The molecule has 0 aliphatic carbocycles. The maximum absolute atomic E-state index is 11.0. The second-order valence-electron chi connectivity index (χ2n) is 4.10. The van der Waals surface area contributed by atoms with E-state index in [-0.39, 0.29) is 5.92 Å². The molecule has 0 saturated carbocycles. The van der Waals surface area contributed by atoms with Gasteiger partial charge >= 0.3 is 5.97 Å². The molecule has 0 aromatic heterocycles. The van der Waals surface area contributed by atoms with Gasteiger partial charge in [0.05, 0.1) is 0 Å². The Morgan fingerprint density at radius 1 is 1.29 bits per heavy atom. The van der Waals surface area contributed by atoms with Crippen molar-refractivity contribution < 1.29 is 9.08 Å². The Bertz CT molecular complexity index is 172. The highest BCUT2D eigenvalue weighted by Gasteiger charge is 2.23. The largest absolute Gasteiger partial charge is 0.346 e. The van der Waals surface area contributed by atoms with Gasteiger partial charge in [-0.2, -0.15) is 0 Å². The molecule has 0 saturated heterocycles. The molecule has 2 nitrogen and oxygen atoms in total. The minimum absolute atomic E-state index is 0.113. The lowest BCUT2D eigenvalue weighted by Gasteiger charge is -2.15. The Morgan fingerprint density at radius 3 is 2.29 bits per heavy atom. The van der Waals surface area contributed by atoms with Gasteiger partial charge in [0.2, 0.25) is 0 Å². The van der Waals surface area contributed by atoms with Crippen molar-refractivity contribution in [3.63, 3.8) is 0 Å². The number of halogens is 2. The van der Waals surface area contributed by atoms with Gasteiger partial charge in [-0.3, -0.25) is 0 Å². The lowest BCUT2D eigenvalue weighted by atomic mass is 9.97. The molecule has 0 aliphatic heterocycles. The van der Waals surface area contributed by atoms with E-state index in [0.29, 0.717) is 5.92 Å². The number of alkyl halides is 1. The fourth-order valence-electron chi connectivity index (χ4n) is 1.27. The molecule has 0 bridgehead atoms. The van der Waals surface area contributed by atoms with Crippen molar-refractivity contribution in [2.24, 2.45) is 11.8 Å². The first-order valence-corrected chi connectivity index (χ1v) is 5.70. The number of hydrogen-bond acceptors (Lipinski definition) is 2. The number of hydrogen-bond donors (Lipinski definition) is 0. The maximum Gasteiger partial charge on any atom is 0.342 e. The van der Waals surface area contributed by atoms with Crippen LogP contribution in [0.1, 0.15) is 40.0 Å². The van der Waals surface area contributed by atoms with E-state index in [1.165, 1.54) is 0 Å². The second kappa shape index (κ2) is 7.36. The van der Waals surface area contributed by atoms with Gasteiger partial charge in [-0.05, 0) is 18.3 Å². The predicted octanol–water partition coefficient (Wildman–Crippen LogP) is 3.75. The molecule has 2 atom stereocenters. The lowest BCUT2D eigenvalue weighted by Crippen LogP contribution is -2.22. The molecule has 0 radical (unpaired) electrons. The molecule has 0 heterocycles. The normalized spacial score (nSPS) is 15.3. The fraction of sp³-hybridized carbons (Fsp3) is 0.900. The third-order valence-electron chi connectivity index (χ3n) is 2.24. The molecule has 4 heteroatoms. The number of carbonyl (C=O) groups is 1. The first-order chi connectivity index (χ1) is 6.49. The van der Waals surface area contributed by atoms with Crippen molar-refractivity contribution >= 4 is 29.4 Å². The van der Waals surface area contributed by atoms with Crippen molar-refractivity contribution in [1.82, 2.24) is 0 Å². The van der Waals surface area contributed by atoms with Crippen LogP contribution in [0.3, 0.4) is 0 Å². The van der Waals surface area contributed by atoms with Gasteiger partial charge in [-0.1, -0.05) is 33.6 Å². The second-order valence-corrected chi connectivity index (χ2v) is 4.72. The monoisotopic (exact) mass is 240 g/mol. The molecule has 0 aliphatic rings. The Labute approximate surface area is 96.1 Å². The zero-order chi connectivity index (χ0) is 11.1. The first-order valence-electron chi connectivity index (χ1n) is 4.95. The molecule has 0 aromatic carbocycles. The Kier molecular flexibility index (Phi) is 7.38. The van der Waals surface area contributed by atoms with E-state index in [2.05, 4.69) is 18.1 Å². The average molecular weight is 241 g/mol. The summed E-state index contributed by atoms with van der Waals surface area (Å²) < 4.78 is 4.06. The third kappa shape index (κ3) is 5.71. The summed E-state index contributed by atoms with van der Waals surface area (Å²) in [6, 6.07) is 0. The molecule has 0 spiro atoms. The van der Waals surface area contributed by atoms with Crippen LogP contribution in [0.25, 0.3) is 0 Å². The van der Waals surface area contributed by atoms with Crippen LogP contribution in [-0.2, 0) is 9.08 Å². The molecule has 0 rings (SSSR count). The third-order valence-corrected chi connectivity index (χ3v) is 3.00. The van der Waals surface area contributed by atoms with E-state index < -0.39 is 11.3 Å². The predicted molar refractivity (Wildman–Crippen MR) is 59.4 cm³/mol. The molecule has 14 heavy (non-hydrogen) atoms. The summed E-state index contributed by atoms with van der Waals surface area (Å²) in [5.74, 6) is 0.253. The highest BCUT2D eigenvalue weighted by atomic mass is 35.5. The van der Waals surface area contributed by atoms with Gasteiger partial charge < -0.3 is 4.29 Å². The molecule has 0 fully saturated rings. The van der Waals surface area contributed by atoms with Crippen LogP contribution in [0.2, 0.25) is 0 Å². The van der Waals surface area contributed by atoms with E-state index >= 15 is 0 Å². The zero-order valence-corrected chi connectivity index (χ0v) is 10.4. The summed E-state index contributed by atoms with van der Waals surface area (Å²) in [6.45, 7) is 6.29. The molecule has 2 unspecified atom stereocenters. The summed E-state index contributed by atoms with van der Waals surface area (Å²) in [5, 5.41) is -0.625. The zero-order valence-electron chi connectivity index (χ0n) is 8.93. The molecule has 0 amide bonds. The van der Waals surface area contributed by atoms with Crippen LogP contribution in [0.5, 0.6) is 0 Å². The van der Waals surface area contributed by atoms with Gasteiger partial charge in [0.15, 0.2) is 0 Å². The van der Waals surface area contributed by atoms with Crippen LogP contribution < -0.4 is 0 Å². The van der Waals surface area contributed by atoms with E-state index in [9.17, 15) is 4.79 Å². The lowest BCUT2D eigenvalue weighted by molar-refractivity contribution is -0.134. The molecule has 0 aromatic rings. The Balaban J connectivity index is 3.72. The SMILES string of the molecule is CC(C)CCCC(C)C(Cl)C(=O)OCl. The fourth-order valence-corrected chi connectivity index (χ4v) is 1.58. The molecule has 84 valence electrons. The quantitative estimate of drug-likeness (QED) is 0.662. The highest BCUT2D eigenvalue weighted by Crippen LogP contribution is 2.20. The molecular weight excluding hydrogens is 223 g/mol. The van der Waals surface area contributed by atoms with Gasteiger partial charge in [-0.25, -0.2) is 4.79 Å². The van der Waals surface area contributed by atoms with E-state index in [1.54, 1.807) is 0 Å². The van der Waals surface area contributed by atoms with E-state index in [0.717, 1.165) is 19.3 Å². The van der Waals surface area contributed by atoms with Crippen LogP contribution in [0, 0.1) is 11.8 Å². The Morgan fingerprint density at radius 2 is 1.86 bits per heavy atom. The molecule has 0 N–H and O–H groups in total. The average Bonchev–Trinajstić information content (AvgIpc) is 2.14. The molecular formula is C10H18Cl2O2. The van der Waals surface area contributed by atoms with Crippen LogP contribution in [-0.4, -0.2) is 11.3 Å². The Hall–Kier alpha value is 0.0500. The summed E-state index contributed by atoms with van der Waals surface area (Å²) in [4.78, 5) is 11.0. The number of carbonyl (C=O) groups excluding carboxylic acids is 1. The van der Waals surface area contributed by atoms with Crippen LogP contribution in [0.15, 0.2) is 0 Å². The topological polar surface area (TPSA) is 26.3 Å². The van der Waals surface area contributed by atoms with Crippen molar-refractivity contribution in [3.05, 3.63) is 0 Å². The van der Waals surface area contributed by atoms with Crippen molar-refractivity contribution in [1.29, 1.82) is 0 Å². The van der Waals surface area contributed by atoms with Gasteiger partial charge in [0, 0.05) is 0 Å². The van der Waals surface area contributed by atoms with Gasteiger partial charge in [-0.15, -0.1) is 11.6 Å². The standard InChI is InChI=1S/C10H18Cl2O2/c1-7(2)5-4-6-8(3)9(11)10(13)14-12/h7-9H,4-6H2,1-3H3. The van der Waals surface area contributed by atoms with Gasteiger partial charge in [0.1, 0.15) is 17.2 Å².